The van der Waals surface area contributed by atoms with Gasteiger partial charge in [0, 0.05) is 30.5 Å². The molecule has 0 unspecified atom stereocenters. The first-order chi connectivity index (χ1) is 9.81. The standard InChI is InChI=1S/C17H26N2O/c1-14-2-4-15(5-3-14)18-16-6-8-17(9-7-16)19-10-12-20-13-11-19/h6-9,14-15,18H,2-5,10-13H2,1H3. The quantitative estimate of drug-likeness (QED) is 0.913. The molecule has 0 atom stereocenters. The van der Waals surface area contributed by atoms with E-state index in [-0.39, 0.29) is 0 Å². The summed E-state index contributed by atoms with van der Waals surface area (Å²) in [5.74, 6) is 0.914. The van der Waals surface area contributed by atoms with Gasteiger partial charge in [-0.2, -0.15) is 0 Å². The predicted octanol–water partition coefficient (Wildman–Crippen LogP) is 3.51. The molecule has 0 aromatic heterocycles. The second-order valence-corrected chi connectivity index (χ2v) is 6.25. The van der Waals surface area contributed by atoms with Gasteiger partial charge in [-0.15, -0.1) is 0 Å². The predicted molar refractivity (Wildman–Crippen MR) is 84.5 cm³/mol. The number of hydrogen-bond acceptors (Lipinski definition) is 3. The topological polar surface area (TPSA) is 24.5 Å². The lowest BCUT2D eigenvalue weighted by Gasteiger charge is -2.30. The normalized spacial score (nSPS) is 27.4. The van der Waals surface area contributed by atoms with Gasteiger partial charge in [0.25, 0.3) is 0 Å². The van der Waals surface area contributed by atoms with E-state index in [0.717, 1.165) is 32.2 Å². The number of benzene rings is 1. The molecule has 2 fully saturated rings. The summed E-state index contributed by atoms with van der Waals surface area (Å²) in [5.41, 5.74) is 2.58. The fourth-order valence-corrected chi connectivity index (χ4v) is 3.23. The zero-order valence-electron chi connectivity index (χ0n) is 12.5. The van der Waals surface area contributed by atoms with Gasteiger partial charge in [-0.25, -0.2) is 0 Å². The molecule has 1 aromatic carbocycles. The number of rotatable bonds is 3. The number of ether oxygens (including phenoxy) is 1. The molecule has 1 saturated heterocycles. The van der Waals surface area contributed by atoms with Crippen molar-refractivity contribution in [1.29, 1.82) is 0 Å². The van der Waals surface area contributed by atoms with Crippen molar-refractivity contribution in [2.75, 3.05) is 36.5 Å². The number of nitrogens with one attached hydrogen (secondary N) is 1. The molecule has 0 radical (unpaired) electrons. The SMILES string of the molecule is CC1CCC(Nc2ccc(N3CCOCC3)cc2)CC1. The van der Waals surface area contributed by atoms with Crippen LogP contribution in [-0.4, -0.2) is 32.3 Å². The van der Waals surface area contributed by atoms with E-state index < -0.39 is 0 Å². The molecule has 0 spiro atoms. The van der Waals surface area contributed by atoms with Gasteiger partial charge >= 0.3 is 0 Å². The van der Waals surface area contributed by atoms with Crippen molar-refractivity contribution in [3.05, 3.63) is 24.3 Å². The third kappa shape index (κ3) is 3.45. The second-order valence-electron chi connectivity index (χ2n) is 6.25. The first-order valence-corrected chi connectivity index (χ1v) is 8.00. The lowest BCUT2D eigenvalue weighted by atomic mass is 9.87. The van der Waals surface area contributed by atoms with E-state index in [9.17, 15) is 0 Å². The first kappa shape index (κ1) is 13.7. The largest absolute Gasteiger partial charge is 0.382 e. The number of anilines is 2. The molecule has 110 valence electrons. The highest BCUT2D eigenvalue weighted by atomic mass is 16.5. The van der Waals surface area contributed by atoms with Crippen LogP contribution in [0.4, 0.5) is 11.4 Å². The Morgan fingerprint density at radius 2 is 1.65 bits per heavy atom. The average molecular weight is 274 g/mol. The van der Waals surface area contributed by atoms with E-state index in [1.807, 2.05) is 0 Å². The van der Waals surface area contributed by atoms with Crippen LogP contribution in [0.3, 0.4) is 0 Å². The molecule has 2 aliphatic rings. The highest BCUT2D eigenvalue weighted by Crippen LogP contribution is 2.27. The van der Waals surface area contributed by atoms with E-state index in [1.54, 1.807) is 0 Å². The van der Waals surface area contributed by atoms with Crippen LogP contribution in [0.1, 0.15) is 32.6 Å². The van der Waals surface area contributed by atoms with Crippen LogP contribution >= 0.6 is 0 Å². The van der Waals surface area contributed by atoms with Crippen LogP contribution in [0, 0.1) is 5.92 Å². The summed E-state index contributed by atoms with van der Waals surface area (Å²) in [6.45, 7) is 6.08. The minimum absolute atomic E-state index is 0.667. The van der Waals surface area contributed by atoms with Crippen molar-refractivity contribution in [2.45, 2.75) is 38.6 Å². The zero-order chi connectivity index (χ0) is 13.8. The van der Waals surface area contributed by atoms with Crippen molar-refractivity contribution >= 4 is 11.4 Å². The van der Waals surface area contributed by atoms with Crippen LogP contribution in [0.15, 0.2) is 24.3 Å². The summed E-state index contributed by atoms with van der Waals surface area (Å²) in [6.07, 6.45) is 5.35. The van der Waals surface area contributed by atoms with E-state index in [1.165, 1.54) is 37.1 Å². The summed E-state index contributed by atoms with van der Waals surface area (Å²) in [6, 6.07) is 9.59. The van der Waals surface area contributed by atoms with Crippen molar-refractivity contribution in [1.82, 2.24) is 0 Å². The van der Waals surface area contributed by atoms with Gasteiger partial charge in [0.15, 0.2) is 0 Å². The fourth-order valence-electron chi connectivity index (χ4n) is 3.23. The Morgan fingerprint density at radius 3 is 2.30 bits per heavy atom. The highest BCUT2D eigenvalue weighted by Gasteiger charge is 2.18. The maximum atomic E-state index is 5.40. The van der Waals surface area contributed by atoms with E-state index >= 15 is 0 Å². The minimum atomic E-state index is 0.667. The van der Waals surface area contributed by atoms with Gasteiger partial charge in [-0.3, -0.25) is 0 Å². The third-order valence-corrected chi connectivity index (χ3v) is 4.63. The van der Waals surface area contributed by atoms with Crippen molar-refractivity contribution in [3.8, 4) is 0 Å². The first-order valence-electron chi connectivity index (χ1n) is 8.00. The Hall–Kier alpha value is -1.22. The maximum Gasteiger partial charge on any atom is 0.0642 e. The Labute approximate surface area is 122 Å². The van der Waals surface area contributed by atoms with Crippen LogP contribution in [0.25, 0.3) is 0 Å². The molecule has 1 aromatic rings. The molecule has 3 heteroatoms. The van der Waals surface area contributed by atoms with Gasteiger partial charge in [0.05, 0.1) is 13.2 Å². The molecule has 3 rings (SSSR count). The molecule has 20 heavy (non-hydrogen) atoms. The molecular weight excluding hydrogens is 248 g/mol. The molecular formula is C17H26N2O. The number of morpholine rings is 1. The minimum Gasteiger partial charge on any atom is -0.382 e. The molecule has 1 N–H and O–H groups in total. The lowest BCUT2D eigenvalue weighted by molar-refractivity contribution is 0.122. The Bertz CT molecular complexity index is 404. The Kier molecular flexibility index (Phi) is 4.46. The third-order valence-electron chi connectivity index (χ3n) is 4.63. The lowest BCUT2D eigenvalue weighted by Crippen LogP contribution is -2.36. The highest BCUT2D eigenvalue weighted by molar-refractivity contribution is 5.55. The summed E-state index contributed by atoms with van der Waals surface area (Å²) < 4.78 is 5.40. The monoisotopic (exact) mass is 274 g/mol. The van der Waals surface area contributed by atoms with Gasteiger partial charge in [-0.1, -0.05) is 6.92 Å². The summed E-state index contributed by atoms with van der Waals surface area (Å²) in [5, 5.41) is 3.69. The zero-order valence-corrected chi connectivity index (χ0v) is 12.5. The van der Waals surface area contributed by atoms with Crippen molar-refractivity contribution in [3.63, 3.8) is 0 Å². The molecule has 0 bridgehead atoms. The van der Waals surface area contributed by atoms with Crippen molar-refractivity contribution < 1.29 is 4.74 Å². The van der Waals surface area contributed by atoms with Gasteiger partial charge in [0.2, 0.25) is 0 Å². The Morgan fingerprint density at radius 1 is 1.00 bits per heavy atom. The summed E-state index contributed by atoms with van der Waals surface area (Å²) in [7, 11) is 0. The second kappa shape index (κ2) is 6.49. The smallest absolute Gasteiger partial charge is 0.0642 e. The van der Waals surface area contributed by atoms with Crippen LogP contribution in [0.5, 0.6) is 0 Å². The van der Waals surface area contributed by atoms with Crippen LogP contribution in [-0.2, 0) is 4.74 Å². The molecule has 1 heterocycles. The molecule has 1 aliphatic heterocycles. The molecule has 3 nitrogen and oxygen atoms in total. The summed E-state index contributed by atoms with van der Waals surface area (Å²) >= 11 is 0. The Balaban J connectivity index is 1.55. The van der Waals surface area contributed by atoms with Gasteiger partial charge in [-0.05, 0) is 55.9 Å². The molecule has 0 amide bonds. The van der Waals surface area contributed by atoms with Crippen LogP contribution < -0.4 is 10.2 Å². The maximum absolute atomic E-state index is 5.40. The summed E-state index contributed by atoms with van der Waals surface area (Å²) in [4.78, 5) is 2.40. The van der Waals surface area contributed by atoms with E-state index in [2.05, 4.69) is 41.4 Å². The molecule has 1 aliphatic carbocycles. The number of nitrogens with zero attached hydrogens (tertiary/aromatic N) is 1. The number of hydrogen-bond donors (Lipinski definition) is 1. The van der Waals surface area contributed by atoms with Gasteiger partial charge < -0.3 is 15.0 Å². The fraction of sp³-hybridized carbons (Fsp3) is 0.647. The van der Waals surface area contributed by atoms with E-state index in [4.69, 9.17) is 4.74 Å². The molecule has 1 saturated carbocycles. The van der Waals surface area contributed by atoms with Crippen LogP contribution in [0.2, 0.25) is 0 Å². The van der Waals surface area contributed by atoms with Crippen molar-refractivity contribution in [2.24, 2.45) is 5.92 Å². The average Bonchev–Trinajstić information content (AvgIpc) is 2.51. The van der Waals surface area contributed by atoms with E-state index in [0.29, 0.717) is 6.04 Å². The van der Waals surface area contributed by atoms with Gasteiger partial charge in [0.1, 0.15) is 0 Å².